The zero-order chi connectivity index (χ0) is 20.6. The molecule has 2 heterocycles. The van der Waals surface area contributed by atoms with E-state index in [2.05, 4.69) is 31.3 Å². The molecule has 1 amide bonds. The number of rotatable bonds is 4. The first-order chi connectivity index (χ1) is 13.3. The number of carbonyl (C=O) groups is 1. The molecule has 0 aliphatic rings. The van der Waals surface area contributed by atoms with Crippen molar-refractivity contribution in [1.29, 1.82) is 0 Å². The summed E-state index contributed by atoms with van der Waals surface area (Å²) in [4.78, 5) is 16.8. The van der Waals surface area contributed by atoms with Gasteiger partial charge in [-0.05, 0) is 52.7 Å². The maximum atomic E-state index is 12.1. The van der Waals surface area contributed by atoms with Gasteiger partial charge in [-0.2, -0.15) is 5.10 Å². The van der Waals surface area contributed by atoms with Gasteiger partial charge >= 0.3 is 0 Å². The van der Waals surface area contributed by atoms with Gasteiger partial charge < -0.3 is 11.1 Å². The van der Waals surface area contributed by atoms with E-state index in [0.29, 0.717) is 42.1 Å². The number of amides is 1. The minimum Gasteiger partial charge on any atom is -0.379 e. The third-order valence-corrected chi connectivity index (χ3v) is 6.35. The van der Waals surface area contributed by atoms with Crippen LogP contribution in [-0.4, -0.2) is 32.7 Å². The number of hydrogen-bond acceptors (Lipinski definition) is 4. The molecule has 0 bridgehead atoms. The minimum absolute atomic E-state index is 0.141. The molecule has 0 radical (unpaired) electrons. The summed E-state index contributed by atoms with van der Waals surface area (Å²) in [5.41, 5.74) is 8.40. The molecule has 10 heteroatoms. The van der Waals surface area contributed by atoms with Crippen molar-refractivity contribution in [3.05, 3.63) is 61.8 Å². The van der Waals surface area contributed by atoms with Gasteiger partial charge in [-0.15, -0.1) is 0 Å². The summed E-state index contributed by atoms with van der Waals surface area (Å²) in [6, 6.07) is 6.66. The molecule has 0 spiro atoms. The van der Waals surface area contributed by atoms with Crippen LogP contribution in [0.3, 0.4) is 0 Å². The van der Waals surface area contributed by atoms with Crippen molar-refractivity contribution in [2.45, 2.75) is 6.92 Å². The summed E-state index contributed by atoms with van der Waals surface area (Å²) in [5, 5.41) is 8.35. The van der Waals surface area contributed by atoms with E-state index >= 15 is 0 Å². The molecule has 1 aromatic carbocycles. The molecular weight excluding hydrogens is 485 g/mol. The number of benzene rings is 1. The monoisotopic (exact) mass is 497 g/mol. The number of halogens is 3. The minimum atomic E-state index is -0.663. The molecule has 3 aromatic rings. The molecule has 3 rings (SSSR count). The van der Waals surface area contributed by atoms with E-state index in [1.807, 2.05) is 6.92 Å². The van der Waals surface area contributed by atoms with E-state index in [4.69, 9.17) is 41.2 Å². The molecule has 2 aromatic heterocycles. The third-order valence-electron chi connectivity index (χ3n) is 4.08. The zero-order valence-corrected chi connectivity index (χ0v) is 18.7. The SMILES string of the molecule is CNC(=S)c1cc(Cl)c(Br)c(C)c1-c1cc(C(N)=O)n(-c2ncccc2Cl)n1. The highest BCUT2D eigenvalue weighted by atomic mass is 79.9. The fourth-order valence-electron chi connectivity index (χ4n) is 2.77. The lowest BCUT2D eigenvalue weighted by Crippen LogP contribution is -2.18. The Hall–Kier alpha value is -2.00. The number of thiocarbonyl (C=S) groups is 1. The molecule has 0 saturated heterocycles. The average Bonchev–Trinajstić information content (AvgIpc) is 3.10. The van der Waals surface area contributed by atoms with Crippen molar-refractivity contribution in [1.82, 2.24) is 20.1 Å². The van der Waals surface area contributed by atoms with Crippen molar-refractivity contribution in [3.8, 4) is 17.1 Å². The lowest BCUT2D eigenvalue weighted by Gasteiger charge is -2.14. The molecule has 0 unspecified atom stereocenters. The topological polar surface area (TPSA) is 85.8 Å². The first-order valence-electron chi connectivity index (χ1n) is 7.98. The Morgan fingerprint density at radius 3 is 2.64 bits per heavy atom. The number of primary amides is 1. The predicted molar refractivity (Wildman–Crippen MR) is 119 cm³/mol. The normalized spacial score (nSPS) is 10.8. The van der Waals surface area contributed by atoms with Gasteiger partial charge in [-0.3, -0.25) is 4.79 Å². The van der Waals surface area contributed by atoms with E-state index in [1.165, 1.54) is 4.68 Å². The van der Waals surface area contributed by atoms with Gasteiger partial charge in [-0.1, -0.05) is 35.4 Å². The third kappa shape index (κ3) is 3.65. The smallest absolute Gasteiger partial charge is 0.267 e. The van der Waals surface area contributed by atoms with Crippen molar-refractivity contribution >= 4 is 62.2 Å². The Morgan fingerprint density at radius 1 is 1.32 bits per heavy atom. The first kappa shape index (κ1) is 20.7. The van der Waals surface area contributed by atoms with E-state index in [0.717, 1.165) is 5.56 Å². The highest BCUT2D eigenvalue weighted by molar-refractivity contribution is 9.10. The number of aromatic nitrogens is 3. The predicted octanol–water partition coefficient (Wildman–Crippen LogP) is 4.31. The fraction of sp³-hybridized carbons (Fsp3) is 0.111. The number of nitrogens with one attached hydrogen (secondary N) is 1. The maximum absolute atomic E-state index is 12.1. The summed E-state index contributed by atoms with van der Waals surface area (Å²) >= 11 is 21.5. The largest absolute Gasteiger partial charge is 0.379 e. The van der Waals surface area contributed by atoms with Crippen molar-refractivity contribution in [3.63, 3.8) is 0 Å². The molecule has 28 heavy (non-hydrogen) atoms. The van der Waals surface area contributed by atoms with Crippen LogP contribution in [0.2, 0.25) is 10.0 Å². The molecule has 144 valence electrons. The van der Waals surface area contributed by atoms with Crippen LogP contribution in [0.5, 0.6) is 0 Å². The Morgan fingerprint density at radius 2 is 2.04 bits per heavy atom. The van der Waals surface area contributed by atoms with E-state index in [-0.39, 0.29) is 5.69 Å². The van der Waals surface area contributed by atoms with Gasteiger partial charge in [0.2, 0.25) is 0 Å². The highest BCUT2D eigenvalue weighted by Gasteiger charge is 2.23. The maximum Gasteiger partial charge on any atom is 0.267 e. The molecule has 0 saturated carbocycles. The molecule has 0 fully saturated rings. The van der Waals surface area contributed by atoms with E-state index in [1.54, 1.807) is 37.5 Å². The fourth-order valence-corrected chi connectivity index (χ4v) is 3.70. The summed E-state index contributed by atoms with van der Waals surface area (Å²) in [6.45, 7) is 1.88. The van der Waals surface area contributed by atoms with Gasteiger partial charge in [0.15, 0.2) is 5.82 Å². The molecule has 6 nitrogen and oxygen atoms in total. The van der Waals surface area contributed by atoms with Crippen LogP contribution < -0.4 is 11.1 Å². The van der Waals surface area contributed by atoms with Crippen LogP contribution in [0.4, 0.5) is 0 Å². The lowest BCUT2D eigenvalue weighted by molar-refractivity contribution is 0.0993. The van der Waals surface area contributed by atoms with Crippen molar-refractivity contribution in [2.24, 2.45) is 5.73 Å². The summed E-state index contributed by atoms with van der Waals surface area (Å²) < 4.78 is 2.03. The lowest BCUT2D eigenvalue weighted by atomic mass is 9.98. The van der Waals surface area contributed by atoms with Crippen LogP contribution in [-0.2, 0) is 0 Å². The second-order valence-electron chi connectivity index (χ2n) is 5.80. The summed E-state index contributed by atoms with van der Waals surface area (Å²) in [5.74, 6) is -0.364. The second-order valence-corrected chi connectivity index (χ2v) is 7.81. The van der Waals surface area contributed by atoms with Crippen LogP contribution in [0, 0.1) is 6.92 Å². The van der Waals surface area contributed by atoms with Gasteiger partial charge in [0.25, 0.3) is 5.91 Å². The molecule has 0 atom stereocenters. The first-order valence-corrected chi connectivity index (χ1v) is 9.93. The highest BCUT2D eigenvalue weighted by Crippen LogP contribution is 2.37. The number of nitrogens with two attached hydrogens (primary N) is 1. The molecule has 0 aliphatic heterocycles. The standard InChI is InChI=1S/C18H14BrCl2N5OS/c1-8-14(9(18(28)23-2)6-11(21)15(8)19)12-7-13(16(22)27)26(25-12)17-10(20)4-3-5-24-17/h3-7H,1-2H3,(H2,22,27)(H,23,28). The van der Waals surface area contributed by atoms with Crippen LogP contribution in [0.15, 0.2) is 34.9 Å². The molecular formula is C18H14BrCl2N5OS. The Kier molecular flexibility index (Phi) is 6.04. The van der Waals surface area contributed by atoms with Gasteiger partial charge in [-0.25, -0.2) is 9.67 Å². The van der Waals surface area contributed by atoms with Gasteiger partial charge in [0.1, 0.15) is 10.7 Å². The zero-order valence-electron chi connectivity index (χ0n) is 14.8. The Labute approximate surface area is 185 Å². The average molecular weight is 499 g/mol. The molecule has 0 aliphatic carbocycles. The van der Waals surface area contributed by atoms with Crippen molar-refractivity contribution in [2.75, 3.05) is 7.05 Å². The Bertz CT molecular complexity index is 1120. The van der Waals surface area contributed by atoms with E-state index in [9.17, 15) is 4.79 Å². The van der Waals surface area contributed by atoms with Gasteiger partial charge in [0.05, 0.1) is 15.7 Å². The number of pyridine rings is 1. The van der Waals surface area contributed by atoms with Crippen molar-refractivity contribution < 1.29 is 4.79 Å². The summed E-state index contributed by atoms with van der Waals surface area (Å²) in [6.07, 6.45) is 1.55. The van der Waals surface area contributed by atoms with Crippen LogP contribution in [0.25, 0.3) is 17.1 Å². The van der Waals surface area contributed by atoms with Crippen LogP contribution >= 0.6 is 51.3 Å². The number of nitrogens with zero attached hydrogens (tertiary/aromatic N) is 3. The molecule has 3 N–H and O–H groups in total. The number of carbonyl (C=O) groups excluding carboxylic acids is 1. The van der Waals surface area contributed by atoms with E-state index < -0.39 is 5.91 Å². The summed E-state index contributed by atoms with van der Waals surface area (Å²) in [7, 11) is 1.72. The van der Waals surface area contributed by atoms with Crippen LogP contribution in [0.1, 0.15) is 21.6 Å². The Balaban J connectivity index is 2.34. The quantitative estimate of drug-likeness (QED) is 0.523. The number of hydrogen-bond donors (Lipinski definition) is 2. The van der Waals surface area contributed by atoms with Gasteiger partial charge in [0, 0.05) is 28.8 Å². The second kappa shape index (κ2) is 8.16.